The van der Waals surface area contributed by atoms with Gasteiger partial charge in [0.15, 0.2) is 5.78 Å². The number of ketones is 1. The van der Waals surface area contributed by atoms with Crippen LogP contribution in [0.1, 0.15) is 63.5 Å². The van der Waals surface area contributed by atoms with Gasteiger partial charge in [-0.3, -0.25) is 19.4 Å². The van der Waals surface area contributed by atoms with Crippen molar-refractivity contribution in [1.82, 2.24) is 9.80 Å². The van der Waals surface area contributed by atoms with E-state index in [2.05, 4.69) is 31.0 Å². The van der Waals surface area contributed by atoms with Gasteiger partial charge in [0, 0.05) is 42.2 Å². The molecule has 2 fully saturated rings. The number of carbonyl (C=O) groups is 2. The lowest BCUT2D eigenvalue weighted by atomic mass is 9.62. The standard InChI is InChI=1S/C32H40Cl2FN3O3/c1-31(2,3)19-26-32(22-12-11-20(33)18-24(22)36-30(32)40)27(21-8-7-9-23(34)28(21)35)29(37(26)4)25(39)10-5-6-13-38-14-16-41-17-15-38/h7-9,11-12,18,26-27,29H,5-6,10,13-17,19H2,1-4H3,(H,36,40)/t26-,27+,29+,32+/m1/s1. The van der Waals surface area contributed by atoms with Gasteiger partial charge in [-0.2, -0.15) is 0 Å². The predicted octanol–water partition coefficient (Wildman–Crippen LogP) is 6.30. The third kappa shape index (κ3) is 5.68. The summed E-state index contributed by atoms with van der Waals surface area (Å²) in [5, 5.41) is 3.53. The van der Waals surface area contributed by atoms with Crippen molar-refractivity contribution < 1.29 is 18.7 Å². The number of rotatable bonds is 8. The molecule has 1 N–H and O–H groups in total. The summed E-state index contributed by atoms with van der Waals surface area (Å²) >= 11 is 12.7. The van der Waals surface area contributed by atoms with Gasteiger partial charge in [-0.25, -0.2) is 4.39 Å². The zero-order chi connectivity index (χ0) is 29.5. The number of hydrogen-bond acceptors (Lipinski definition) is 5. The monoisotopic (exact) mass is 603 g/mol. The minimum Gasteiger partial charge on any atom is -0.379 e. The van der Waals surface area contributed by atoms with E-state index >= 15 is 4.39 Å². The van der Waals surface area contributed by atoms with Gasteiger partial charge in [0.1, 0.15) is 11.2 Å². The van der Waals surface area contributed by atoms with Crippen LogP contribution in [-0.4, -0.2) is 73.5 Å². The zero-order valence-corrected chi connectivity index (χ0v) is 25.8. The fourth-order valence-electron chi connectivity index (χ4n) is 7.26. The van der Waals surface area contributed by atoms with Crippen molar-refractivity contribution in [3.8, 4) is 0 Å². The van der Waals surface area contributed by atoms with Gasteiger partial charge < -0.3 is 10.1 Å². The summed E-state index contributed by atoms with van der Waals surface area (Å²) in [5.74, 6) is -1.57. The van der Waals surface area contributed by atoms with Crippen LogP contribution in [0, 0.1) is 11.2 Å². The number of hydrogen-bond donors (Lipinski definition) is 1. The first-order valence-electron chi connectivity index (χ1n) is 14.6. The number of carbonyl (C=O) groups excluding carboxylic acids is 2. The summed E-state index contributed by atoms with van der Waals surface area (Å²) < 4.78 is 21.4. The van der Waals surface area contributed by atoms with E-state index in [1.165, 1.54) is 6.07 Å². The third-order valence-corrected chi connectivity index (χ3v) is 9.54. The molecule has 2 aromatic carbocycles. The number of halogens is 3. The molecule has 1 spiro atoms. The maximum atomic E-state index is 16.0. The maximum Gasteiger partial charge on any atom is 0.237 e. The van der Waals surface area contributed by atoms with E-state index in [-0.39, 0.29) is 28.2 Å². The molecule has 0 unspecified atom stereocenters. The van der Waals surface area contributed by atoms with E-state index in [4.69, 9.17) is 27.9 Å². The number of unbranched alkanes of at least 4 members (excludes halogenated alkanes) is 1. The second kappa shape index (κ2) is 11.9. The van der Waals surface area contributed by atoms with Crippen LogP contribution >= 0.6 is 23.2 Å². The molecule has 0 saturated carbocycles. The van der Waals surface area contributed by atoms with Crippen LogP contribution in [-0.2, 0) is 19.7 Å². The number of anilines is 1. The molecule has 3 aliphatic heterocycles. The van der Waals surface area contributed by atoms with E-state index in [1.54, 1.807) is 24.3 Å². The Morgan fingerprint density at radius 1 is 1.15 bits per heavy atom. The van der Waals surface area contributed by atoms with Crippen LogP contribution < -0.4 is 5.32 Å². The zero-order valence-electron chi connectivity index (χ0n) is 24.3. The Kier molecular flexibility index (Phi) is 8.85. The average molecular weight is 605 g/mol. The number of nitrogens with one attached hydrogen (secondary N) is 1. The fraction of sp³-hybridized carbons (Fsp3) is 0.562. The number of fused-ring (bicyclic) bond motifs is 2. The number of nitrogens with zero attached hydrogens (tertiary/aromatic N) is 2. The second-order valence-corrected chi connectivity index (χ2v) is 13.7. The number of Topliss-reactive ketones (excluding diaryl/α,β-unsaturated/α-hetero) is 1. The maximum absolute atomic E-state index is 16.0. The summed E-state index contributed by atoms with van der Waals surface area (Å²) in [7, 11) is 1.91. The highest BCUT2D eigenvalue weighted by Crippen LogP contribution is 2.60. The van der Waals surface area contributed by atoms with Gasteiger partial charge in [0.25, 0.3) is 0 Å². The minimum absolute atomic E-state index is 0.0184. The van der Waals surface area contributed by atoms with Crippen LogP contribution in [0.2, 0.25) is 10.0 Å². The van der Waals surface area contributed by atoms with E-state index in [9.17, 15) is 9.59 Å². The second-order valence-electron chi connectivity index (χ2n) is 12.9. The largest absolute Gasteiger partial charge is 0.379 e. The van der Waals surface area contributed by atoms with E-state index < -0.39 is 23.2 Å². The van der Waals surface area contributed by atoms with Gasteiger partial charge in [-0.15, -0.1) is 0 Å². The number of benzene rings is 2. The van der Waals surface area contributed by atoms with Gasteiger partial charge in [-0.05, 0) is 67.6 Å². The third-order valence-electron chi connectivity index (χ3n) is 9.02. The van der Waals surface area contributed by atoms with Crippen molar-refractivity contribution in [3.05, 3.63) is 63.4 Å². The van der Waals surface area contributed by atoms with Crippen LogP contribution in [0.25, 0.3) is 0 Å². The summed E-state index contributed by atoms with van der Waals surface area (Å²) in [6.07, 6.45) is 2.58. The first kappa shape index (κ1) is 30.4. The predicted molar refractivity (Wildman–Crippen MR) is 161 cm³/mol. The Morgan fingerprint density at radius 2 is 1.88 bits per heavy atom. The highest BCUT2D eigenvalue weighted by Gasteiger charge is 2.68. The Morgan fingerprint density at radius 3 is 2.59 bits per heavy atom. The van der Waals surface area contributed by atoms with Crippen molar-refractivity contribution in [3.63, 3.8) is 0 Å². The van der Waals surface area contributed by atoms with Crippen molar-refractivity contribution in [2.24, 2.45) is 5.41 Å². The SMILES string of the molecule is CN1[C@@H](C(=O)CCCCN2CCOCC2)[C@H](c2cccc(Cl)c2F)[C@@]2(C(=O)Nc3cc(Cl)ccc32)[C@H]1CC(C)(C)C. The van der Waals surface area contributed by atoms with Gasteiger partial charge >= 0.3 is 0 Å². The Labute approximate surface area is 252 Å². The van der Waals surface area contributed by atoms with Gasteiger partial charge in [-0.1, -0.05) is 62.2 Å². The van der Waals surface area contributed by atoms with Crippen LogP contribution in [0.3, 0.4) is 0 Å². The summed E-state index contributed by atoms with van der Waals surface area (Å²) in [5.41, 5.74) is 0.280. The van der Waals surface area contributed by atoms with Gasteiger partial charge in [0.2, 0.25) is 5.91 Å². The lowest BCUT2D eigenvalue weighted by molar-refractivity contribution is -0.124. The molecule has 222 valence electrons. The van der Waals surface area contributed by atoms with Crippen LogP contribution in [0.15, 0.2) is 36.4 Å². The molecule has 6 nitrogen and oxygen atoms in total. The number of ether oxygens (including phenoxy) is 1. The minimum atomic E-state index is -1.21. The van der Waals surface area contributed by atoms with Crippen LogP contribution in [0.5, 0.6) is 0 Å². The average Bonchev–Trinajstić information content (AvgIpc) is 3.34. The van der Waals surface area contributed by atoms with Crippen molar-refractivity contribution >= 4 is 40.6 Å². The molecule has 0 radical (unpaired) electrons. The molecule has 3 aliphatic rings. The molecule has 41 heavy (non-hydrogen) atoms. The Balaban J connectivity index is 1.58. The van der Waals surface area contributed by atoms with Gasteiger partial charge in [0.05, 0.1) is 24.3 Å². The Hall–Kier alpha value is -2.03. The topological polar surface area (TPSA) is 61.9 Å². The molecule has 4 atom stereocenters. The quantitative estimate of drug-likeness (QED) is 0.359. The number of morpholine rings is 1. The molecule has 0 aromatic heterocycles. The number of amides is 1. The molecule has 9 heteroatoms. The van der Waals surface area contributed by atoms with E-state index in [1.807, 2.05) is 18.0 Å². The molecular weight excluding hydrogens is 564 g/mol. The molecular formula is C32H40Cl2FN3O3. The normalized spacial score (nSPS) is 26.9. The molecule has 2 aromatic rings. The fourth-order valence-corrected chi connectivity index (χ4v) is 7.61. The van der Waals surface area contributed by atoms with E-state index in [0.717, 1.165) is 51.3 Å². The molecule has 0 bridgehead atoms. The molecule has 0 aliphatic carbocycles. The lowest BCUT2D eigenvalue weighted by Crippen LogP contribution is -2.50. The Bertz CT molecular complexity index is 1310. The van der Waals surface area contributed by atoms with Crippen molar-refractivity contribution in [2.75, 3.05) is 45.2 Å². The highest BCUT2D eigenvalue weighted by molar-refractivity contribution is 6.31. The number of likely N-dealkylation sites (N-methyl/N-ethyl adjacent to an activating group) is 1. The smallest absolute Gasteiger partial charge is 0.237 e. The van der Waals surface area contributed by atoms with Crippen LogP contribution in [0.4, 0.5) is 10.1 Å². The lowest BCUT2D eigenvalue weighted by Gasteiger charge is -2.39. The van der Waals surface area contributed by atoms with Crippen molar-refractivity contribution in [1.29, 1.82) is 0 Å². The molecule has 3 heterocycles. The number of likely N-dealkylation sites (tertiary alicyclic amines) is 1. The van der Waals surface area contributed by atoms with E-state index in [0.29, 0.717) is 29.1 Å². The highest BCUT2D eigenvalue weighted by atomic mass is 35.5. The summed E-state index contributed by atoms with van der Waals surface area (Å²) in [6, 6.07) is 9.19. The molecule has 5 rings (SSSR count). The molecule has 1 amide bonds. The first-order valence-corrected chi connectivity index (χ1v) is 15.3. The molecule has 2 saturated heterocycles. The summed E-state index contributed by atoms with van der Waals surface area (Å²) in [6.45, 7) is 10.6. The summed E-state index contributed by atoms with van der Waals surface area (Å²) in [4.78, 5) is 33.0. The first-order chi connectivity index (χ1) is 19.4. The van der Waals surface area contributed by atoms with Crippen molar-refractivity contribution in [2.45, 2.75) is 69.9 Å².